The first-order valence-electron chi connectivity index (χ1n) is 4.14. The number of quaternary nitrogens is 1. The van der Waals surface area contributed by atoms with Gasteiger partial charge in [-0.1, -0.05) is 0 Å². The Morgan fingerprint density at radius 2 is 1.31 bits per heavy atom. The van der Waals surface area contributed by atoms with Crippen LogP contribution in [0.3, 0.4) is 0 Å². The summed E-state index contributed by atoms with van der Waals surface area (Å²) in [5.74, 6) is -0.122. The highest BCUT2D eigenvalue weighted by atomic mass is 16.2. The largest absolute Gasteiger partial charge is 0.309 e. The second-order valence-corrected chi connectivity index (χ2v) is 3.72. The third-order valence-electron chi connectivity index (χ3n) is 1.51. The number of rotatable bonds is 4. The number of nitrogens with zero attached hydrogens (tertiary/aromatic N) is 1. The monoisotopic (exact) mass is 188 g/mol. The van der Waals surface area contributed by atoms with Gasteiger partial charge in [-0.25, -0.2) is 0 Å². The zero-order valence-electron chi connectivity index (χ0n) is 8.68. The molecular weight excluding hydrogens is 170 g/mol. The van der Waals surface area contributed by atoms with Crippen molar-refractivity contribution in [3.8, 4) is 0 Å². The fourth-order valence-electron chi connectivity index (χ4n) is 0.707. The number of hydrogen-bond donors (Lipinski definition) is 2. The number of carbonyl (C=O) groups excluding carboxylic acids is 2. The molecule has 0 aliphatic heterocycles. The van der Waals surface area contributed by atoms with E-state index < -0.39 is 0 Å². The van der Waals surface area contributed by atoms with Crippen LogP contribution in [0.4, 0.5) is 0 Å². The second-order valence-electron chi connectivity index (χ2n) is 3.72. The summed E-state index contributed by atoms with van der Waals surface area (Å²) in [6.45, 7) is 3.96. The molecule has 0 aliphatic carbocycles. The van der Waals surface area contributed by atoms with Crippen LogP contribution in [0.1, 0.15) is 13.8 Å². The van der Waals surface area contributed by atoms with E-state index >= 15 is 0 Å². The Bertz CT molecular complexity index is 182. The minimum atomic E-state index is -0.0611. The number of amides is 2. The van der Waals surface area contributed by atoms with Gasteiger partial charge in [0.05, 0.1) is 14.1 Å². The van der Waals surface area contributed by atoms with Gasteiger partial charge < -0.3 is 10.6 Å². The molecule has 5 nitrogen and oxygen atoms in total. The lowest BCUT2D eigenvalue weighted by atomic mass is 10.6. The summed E-state index contributed by atoms with van der Waals surface area (Å²) in [5, 5.41) is 5.38. The van der Waals surface area contributed by atoms with Crippen LogP contribution >= 0.6 is 0 Å². The number of hydrogen-bond acceptors (Lipinski definition) is 2. The van der Waals surface area contributed by atoms with Crippen molar-refractivity contribution in [1.29, 1.82) is 0 Å². The van der Waals surface area contributed by atoms with Crippen LogP contribution in [0, 0.1) is 0 Å². The topological polar surface area (TPSA) is 58.2 Å². The van der Waals surface area contributed by atoms with Gasteiger partial charge in [-0.15, -0.1) is 0 Å². The first kappa shape index (κ1) is 11.9. The fourth-order valence-corrected chi connectivity index (χ4v) is 0.707. The van der Waals surface area contributed by atoms with Crippen LogP contribution in [0.5, 0.6) is 0 Å². The molecule has 5 heteroatoms. The Morgan fingerprint density at radius 1 is 1.00 bits per heavy atom. The van der Waals surface area contributed by atoms with Gasteiger partial charge in [-0.2, -0.15) is 0 Å². The average Bonchev–Trinajstić information content (AvgIpc) is 1.98. The molecule has 0 saturated heterocycles. The summed E-state index contributed by atoms with van der Waals surface area (Å²) in [6.07, 6.45) is 0. The molecule has 2 amide bonds. The summed E-state index contributed by atoms with van der Waals surface area (Å²) in [7, 11) is 3.84. The standard InChI is InChI=1S/C8H17N3O2/c1-7(12)9-5-11(3,4)6-10-8(2)13/h5-6H2,1-4H3,(H-,9,10,12,13)/p+1. The van der Waals surface area contributed by atoms with Crippen LogP contribution in [-0.2, 0) is 9.59 Å². The van der Waals surface area contributed by atoms with E-state index in [9.17, 15) is 9.59 Å². The Balaban J connectivity index is 3.79. The maximum absolute atomic E-state index is 10.6. The quantitative estimate of drug-likeness (QED) is 0.450. The van der Waals surface area contributed by atoms with Crippen LogP contribution in [0.2, 0.25) is 0 Å². The lowest BCUT2D eigenvalue weighted by Crippen LogP contribution is -2.53. The molecule has 2 N–H and O–H groups in total. The maximum atomic E-state index is 10.6. The van der Waals surface area contributed by atoms with Crippen LogP contribution in [0.25, 0.3) is 0 Å². The summed E-state index contributed by atoms with van der Waals surface area (Å²) in [6, 6.07) is 0. The molecule has 76 valence electrons. The molecule has 0 aromatic rings. The highest BCUT2D eigenvalue weighted by molar-refractivity contribution is 5.73. The maximum Gasteiger partial charge on any atom is 0.221 e. The number of nitrogens with one attached hydrogen (secondary N) is 2. The molecule has 0 fully saturated rings. The minimum Gasteiger partial charge on any atom is -0.309 e. The van der Waals surface area contributed by atoms with Gasteiger partial charge in [0.15, 0.2) is 13.3 Å². The molecule has 0 heterocycles. The summed E-state index contributed by atoms with van der Waals surface area (Å²) in [4.78, 5) is 21.2. The Labute approximate surface area is 78.7 Å². The summed E-state index contributed by atoms with van der Waals surface area (Å²) in [5.41, 5.74) is 0. The smallest absolute Gasteiger partial charge is 0.221 e. The first-order chi connectivity index (χ1) is 5.83. The molecule has 0 saturated carbocycles. The van der Waals surface area contributed by atoms with E-state index in [0.717, 1.165) is 0 Å². The van der Waals surface area contributed by atoms with Crippen molar-refractivity contribution in [3.63, 3.8) is 0 Å². The molecule has 0 unspecified atom stereocenters. The van der Waals surface area contributed by atoms with Crippen molar-refractivity contribution in [3.05, 3.63) is 0 Å². The van der Waals surface area contributed by atoms with Gasteiger partial charge in [0, 0.05) is 13.8 Å². The number of carbonyl (C=O) groups is 2. The highest BCUT2D eigenvalue weighted by Gasteiger charge is 2.14. The molecule has 0 aromatic carbocycles. The highest BCUT2D eigenvalue weighted by Crippen LogP contribution is 1.90. The Hall–Kier alpha value is -1.10. The summed E-state index contributed by atoms with van der Waals surface area (Å²) < 4.78 is 0.527. The van der Waals surface area contributed by atoms with Crippen molar-refractivity contribution in [2.24, 2.45) is 0 Å². The van der Waals surface area contributed by atoms with Crippen LogP contribution in [0.15, 0.2) is 0 Å². The minimum absolute atomic E-state index is 0.0611. The third kappa shape index (κ3) is 7.27. The van der Waals surface area contributed by atoms with Gasteiger partial charge in [-0.3, -0.25) is 14.1 Å². The van der Waals surface area contributed by atoms with Gasteiger partial charge in [-0.05, 0) is 0 Å². The van der Waals surface area contributed by atoms with Gasteiger partial charge >= 0.3 is 0 Å². The van der Waals surface area contributed by atoms with Gasteiger partial charge in [0.2, 0.25) is 11.8 Å². The average molecular weight is 188 g/mol. The molecule has 0 aromatic heterocycles. The van der Waals surface area contributed by atoms with E-state index in [1.165, 1.54) is 13.8 Å². The van der Waals surface area contributed by atoms with Crippen molar-refractivity contribution in [2.45, 2.75) is 13.8 Å². The fraction of sp³-hybridized carbons (Fsp3) is 0.750. The molecule has 0 spiro atoms. The van der Waals surface area contributed by atoms with E-state index in [0.29, 0.717) is 17.8 Å². The normalized spacial score (nSPS) is 10.8. The molecule has 0 bridgehead atoms. The van der Waals surface area contributed by atoms with E-state index in [1.807, 2.05) is 14.1 Å². The van der Waals surface area contributed by atoms with E-state index in [-0.39, 0.29) is 11.8 Å². The lowest BCUT2D eigenvalue weighted by Gasteiger charge is -2.29. The Morgan fingerprint density at radius 3 is 1.54 bits per heavy atom. The van der Waals surface area contributed by atoms with Crippen molar-refractivity contribution in [1.82, 2.24) is 10.6 Å². The van der Waals surface area contributed by atoms with E-state index in [4.69, 9.17) is 0 Å². The van der Waals surface area contributed by atoms with E-state index in [2.05, 4.69) is 10.6 Å². The van der Waals surface area contributed by atoms with Crippen molar-refractivity contribution in [2.75, 3.05) is 27.4 Å². The molecule has 0 aliphatic rings. The second kappa shape index (κ2) is 4.81. The van der Waals surface area contributed by atoms with Crippen molar-refractivity contribution >= 4 is 11.8 Å². The van der Waals surface area contributed by atoms with Gasteiger partial charge in [0.25, 0.3) is 0 Å². The predicted molar refractivity (Wildman–Crippen MR) is 49.5 cm³/mol. The molecule has 0 atom stereocenters. The van der Waals surface area contributed by atoms with Gasteiger partial charge in [0.1, 0.15) is 0 Å². The zero-order chi connectivity index (χ0) is 10.5. The third-order valence-corrected chi connectivity index (χ3v) is 1.51. The predicted octanol–water partition coefficient (Wildman–Crippen LogP) is -0.750. The lowest BCUT2D eigenvalue weighted by molar-refractivity contribution is -0.893. The first-order valence-corrected chi connectivity index (χ1v) is 4.14. The van der Waals surface area contributed by atoms with E-state index in [1.54, 1.807) is 0 Å². The molecule has 0 rings (SSSR count). The van der Waals surface area contributed by atoms with Crippen LogP contribution in [-0.4, -0.2) is 43.7 Å². The molecule has 13 heavy (non-hydrogen) atoms. The Kier molecular flexibility index (Phi) is 4.40. The SMILES string of the molecule is CC(=O)NC[N+](C)(C)CNC(C)=O. The summed E-state index contributed by atoms with van der Waals surface area (Å²) >= 11 is 0. The molecule has 0 radical (unpaired) electrons. The van der Waals surface area contributed by atoms with Crippen LogP contribution < -0.4 is 10.6 Å². The molecular formula is C8H18N3O2+. The zero-order valence-corrected chi connectivity index (χ0v) is 8.68. The van der Waals surface area contributed by atoms with Crippen molar-refractivity contribution < 1.29 is 14.1 Å².